The summed E-state index contributed by atoms with van der Waals surface area (Å²) in [7, 11) is 1.55. The van der Waals surface area contributed by atoms with Crippen molar-refractivity contribution in [2.45, 2.75) is 12.8 Å². The van der Waals surface area contributed by atoms with Crippen LogP contribution in [0.25, 0.3) is 0 Å². The molecule has 15 heavy (non-hydrogen) atoms. The van der Waals surface area contributed by atoms with Gasteiger partial charge in [-0.05, 0) is 6.07 Å². The molecule has 0 spiro atoms. The smallest absolute Gasteiger partial charge is 0.141 e. The van der Waals surface area contributed by atoms with Crippen molar-refractivity contribution < 1.29 is 14.3 Å². The number of carbonyl (C=O) groups is 1. The van der Waals surface area contributed by atoms with E-state index in [4.69, 9.17) is 21.1 Å². The fraction of sp³-hybridized carbons (Fsp3) is 0.364. The maximum atomic E-state index is 10.5. The highest BCUT2D eigenvalue weighted by molar-refractivity contribution is 6.33. The normalized spacial score (nSPS) is 13.2. The lowest BCUT2D eigenvalue weighted by molar-refractivity contribution is -0.107. The van der Waals surface area contributed by atoms with Gasteiger partial charge >= 0.3 is 0 Å². The first-order valence-electron chi connectivity index (χ1n) is 4.72. The van der Waals surface area contributed by atoms with Crippen molar-refractivity contribution in [3.8, 4) is 11.5 Å². The van der Waals surface area contributed by atoms with Gasteiger partial charge in [-0.3, -0.25) is 0 Å². The minimum atomic E-state index is 0.291. The van der Waals surface area contributed by atoms with E-state index in [1.165, 1.54) is 0 Å². The monoisotopic (exact) mass is 226 g/mol. The van der Waals surface area contributed by atoms with E-state index in [1.54, 1.807) is 7.11 Å². The van der Waals surface area contributed by atoms with Gasteiger partial charge in [0.1, 0.15) is 17.8 Å². The summed E-state index contributed by atoms with van der Waals surface area (Å²) in [5.74, 6) is 1.37. The van der Waals surface area contributed by atoms with E-state index < -0.39 is 0 Å². The van der Waals surface area contributed by atoms with Gasteiger partial charge in [0.2, 0.25) is 0 Å². The van der Waals surface area contributed by atoms with Crippen LogP contribution in [0.5, 0.6) is 11.5 Å². The number of fused-ring (bicyclic) bond motifs is 1. The van der Waals surface area contributed by atoms with Crippen LogP contribution in [0.3, 0.4) is 0 Å². The average Bonchev–Trinajstić information content (AvgIpc) is 2.67. The fourth-order valence-electron chi connectivity index (χ4n) is 1.78. The Hall–Kier alpha value is -1.22. The first-order chi connectivity index (χ1) is 7.27. The van der Waals surface area contributed by atoms with Gasteiger partial charge in [0.15, 0.2) is 0 Å². The van der Waals surface area contributed by atoms with Crippen LogP contribution in [0.4, 0.5) is 0 Å². The molecule has 0 radical (unpaired) electrons. The van der Waals surface area contributed by atoms with Crippen LogP contribution in [0, 0.1) is 0 Å². The lowest BCUT2D eigenvalue weighted by Gasteiger charge is -2.11. The Balaban J connectivity index is 2.55. The Bertz CT molecular complexity index is 401. The van der Waals surface area contributed by atoms with Crippen molar-refractivity contribution in [3.05, 3.63) is 22.2 Å². The Morgan fingerprint density at radius 1 is 1.67 bits per heavy atom. The van der Waals surface area contributed by atoms with E-state index in [9.17, 15) is 4.79 Å². The number of carbonyl (C=O) groups excluding carboxylic acids is 1. The van der Waals surface area contributed by atoms with Crippen LogP contribution in [0.1, 0.15) is 11.1 Å². The summed E-state index contributed by atoms with van der Waals surface area (Å²) in [6.07, 6.45) is 1.92. The quantitative estimate of drug-likeness (QED) is 0.740. The molecule has 80 valence electrons. The second kappa shape index (κ2) is 4.11. The minimum absolute atomic E-state index is 0.291. The number of benzene rings is 1. The fourth-order valence-corrected chi connectivity index (χ4v) is 2.17. The van der Waals surface area contributed by atoms with E-state index in [1.807, 2.05) is 6.07 Å². The molecule has 0 saturated heterocycles. The van der Waals surface area contributed by atoms with Gasteiger partial charge in [-0.15, -0.1) is 0 Å². The number of hydrogen-bond donors (Lipinski definition) is 0. The van der Waals surface area contributed by atoms with Crippen molar-refractivity contribution in [2.75, 3.05) is 13.7 Å². The van der Waals surface area contributed by atoms with Crippen molar-refractivity contribution in [2.24, 2.45) is 0 Å². The summed E-state index contributed by atoms with van der Waals surface area (Å²) < 4.78 is 10.6. The first kappa shape index (κ1) is 10.3. The van der Waals surface area contributed by atoms with Gasteiger partial charge in [0, 0.05) is 24.0 Å². The third kappa shape index (κ3) is 1.67. The molecule has 4 heteroatoms. The number of rotatable bonds is 3. The van der Waals surface area contributed by atoms with E-state index in [-0.39, 0.29) is 0 Å². The number of ether oxygens (including phenoxy) is 2. The highest BCUT2D eigenvalue weighted by atomic mass is 35.5. The lowest BCUT2D eigenvalue weighted by Crippen LogP contribution is -1.96. The highest BCUT2D eigenvalue weighted by Crippen LogP contribution is 2.41. The number of aldehydes is 1. The van der Waals surface area contributed by atoms with Crippen molar-refractivity contribution in [1.82, 2.24) is 0 Å². The number of hydrogen-bond acceptors (Lipinski definition) is 3. The molecule has 0 aromatic heterocycles. The molecule has 0 aliphatic carbocycles. The summed E-state index contributed by atoms with van der Waals surface area (Å²) in [4.78, 5) is 10.5. The summed E-state index contributed by atoms with van der Waals surface area (Å²) in [5, 5.41) is 0.573. The van der Waals surface area contributed by atoms with Crippen LogP contribution in [-0.2, 0) is 17.6 Å². The second-order valence-electron chi connectivity index (χ2n) is 3.33. The van der Waals surface area contributed by atoms with Crippen LogP contribution < -0.4 is 9.47 Å². The van der Waals surface area contributed by atoms with Gasteiger partial charge in [-0.1, -0.05) is 11.6 Å². The predicted octanol–water partition coefficient (Wildman–Crippen LogP) is 2.02. The molecule has 0 amide bonds. The molecular formula is C11H11ClO3. The zero-order valence-corrected chi connectivity index (χ0v) is 9.13. The topological polar surface area (TPSA) is 35.5 Å². The van der Waals surface area contributed by atoms with Gasteiger partial charge in [-0.2, -0.15) is 0 Å². The Morgan fingerprint density at radius 3 is 3.13 bits per heavy atom. The van der Waals surface area contributed by atoms with Gasteiger partial charge in [0.05, 0.1) is 18.7 Å². The molecule has 0 unspecified atom stereocenters. The van der Waals surface area contributed by atoms with Crippen molar-refractivity contribution in [1.29, 1.82) is 0 Å². The molecule has 1 aliphatic rings. The molecule has 1 aliphatic heterocycles. The third-order valence-electron chi connectivity index (χ3n) is 2.48. The van der Waals surface area contributed by atoms with E-state index >= 15 is 0 Å². The minimum Gasteiger partial charge on any atom is -0.495 e. The first-order valence-corrected chi connectivity index (χ1v) is 5.10. The van der Waals surface area contributed by atoms with Crippen LogP contribution in [0.2, 0.25) is 5.02 Å². The van der Waals surface area contributed by atoms with E-state index in [0.29, 0.717) is 23.8 Å². The number of halogens is 1. The molecule has 0 bridgehead atoms. The van der Waals surface area contributed by atoms with Crippen molar-refractivity contribution in [3.63, 3.8) is 0 Å². The summed E-state index contributed by atoms with van der Waals surface area (Å²) in [5.41, 5.74) is 1.75. The molecule has 1 heterocycles. The zero-order valence-electron chi connectivity index (χ0n) is 8.38. The molecule has 3 nitrogen and oxygen atoms in total. The van der Waals surface area contributed by atoms with Gasteiger partial charge < -0.3 is 14.3 Å². The maximum Gasteiger partial charge on any atom is 0.141 e. The maximum absolute atomic E-state index is 10.5. The second-order valence-corrected chi connectivity index (χ2v) is 3.71. The molecule has 2 rings (SSSR count). The van der Waals surface area contributed by atoms with Crippen LogP contribution >= 0.6 is 11.6 Å². The molecule has 0 N–H and O–H groups in total. The van der Waals surface area contributed by atoms with Gasteiger partial charge in [0.25, 0.3) is 0 Å². The summed E-state index contributed by atoms with van der Waals surface area (Å²) >= 11 is 6.17. The Labute approximate surface area is 92.9 Å². The number of methoxy groups -OCH3 is 1. The van der Waals surface area contributed by atoms with E-state index in [2.05, 4.69) is 0 Å². The van der Waals surface area contributed by atoms with Crippen LogP contribution in [0.15, 0.2) is 6.07 Å². The van der Waals surface area contributed by atoms with E-state index in [0.717, 1.165) is 29.6 Å². The molecule has 1 aromatic carbocycles. The summed E-state index contributed by atoms with van der Waals surface area (Å²) in [6, 6.07) is 1.83. The molecule has 0 fully saturated rings. The zero-order chi connectivity index (χ0) is 10.8. The average molecular weight is 227 g/mol. The predicted molar refractivity (Wildman–Crippen MR) is 57.0 cm³/mol. The Kier molecular flexibility index (Phi) is 2.82. The standard InChI is InChI=1S/C11H11ClO3/c1-14-11-7(2-4-13)6-9-8(10(11)12)3-5-15-9/h4,6H,2-3,5H2,1H3. The molecular weight excluding hydrogens is 216 g/mol. The SMILES string of the molecule is COc1c(CC=O)cc2c(c1Cl)CCO2. The van der Waals surface area contributed by atoms with Gasteiger partial charge in [-0.25, -0.2) is 0 Å². The molecule has 0 saturated carbocycles. The largest absolute Gasteiger partial charge is 0.495 e. The lowest BCUT2D eigenvalue weighted by atomic mass is 10.1. The van der Waals surface area contributed by atoms with Crippen molar-refractivity contribution >= 4 is 17.9 Å². The Morgan fingerprint density at radius 2 is 2.47 bits per heavy atom. The molecule has 0 atom stereocenters. The van der Waals surface area contributed by atoms with Crippen LogP contribution in [-0.4, -0.2) is 20.0 Å². The third-order valence-corrected chi connectivity index (χ3v) is 2.88. The highest BCUT2D eigenvalue weighted by Gasteiger charge is 2.21. The molecule has 1 aromatic rings. The summed E-state index contributed by atoms with van der Waals surface area (Å²) in [6.45, 7) is 0.642.